The molecule has 0 unspecified atom stereocenters. The van der Waals surface area contributed by atoms with Gasteiger partial charge in [-0.05, 0) is 30.3 Å². The van der Waals surface area contributed by atoms with Crippen molar-refractivity contribution in [3.63, 3.8) is 0 Å². The van der Waals surface area contributed by atoms with Gasteiger partial charge in [0.15, 0.2) is 0 Å². The third-order valence-corrected chi connectivity index (χ3v) is 4.39. The number of halogens is 1. The average molecular weight is 338 g/mol. The van der Waals surface area contributed by atoms with Crippen molar-refractivity contribution < 1.29 is 9.13 Å². The number of pyridine rings is 1. The molecule has 0 radical (unpaired) electrons. The quantitative estimate of drug-likeness (QED) is 0.793. The maximum Gasteiger partial charge on any atom is 0.124 e. The second kappa shape index (κ2) is 6.64. The molecule has 0 aliphatic carbocycles. The molecule has 0 fully saturated rings. The van der Waals surface area contributed by atoms with Crippen molar-refractivity contribution in [3.8, 4) is 17.0 Å². The highest BCUT2D eigenvalue weighted by Crippen LogP contribution is 2.33. The maximum atomic E-state index is 13.6. The summed E-state index contributed by atoms with van der Waals surface area (Å²) in [5.41, 5.74) is 3.85. The summed E-state index contributed by atoms with van der Waals surface area (Å²) in [6.07, 6.45) is 6.36. The summed E-state index contributed by atoms with van der Waals surface area (Å²) in [5, 5.41) is 8.08. The highest BCUT2D eigenvalue weighted by Gasteiger charge is 2.22. The minimum Gasteiger partial charge on any atom is -0.493 e. The lowest BCUT2D eigenvalue weighted by Crippen LogP contribution is -2.27. The van der Waals surface area contributed by atoms with E-state index in [4.69, 9.17) is 4.74 Å². The molecule has 0 saturated heterocycles. The van der Waals surface area contributed by atoms with Gasteiger partial charge in [-0.25, -0.2) is 4.39 Å². The van der Waals surface area contributed by atoms with Crippen LogP contribution in [0.5, 0.6) is 5.75 Å². The van der Waals surface area contributed by atoms with E-state index < -0.39 is 0 Å². The van der Waals surface area contributed by atoms with Crippen LogP contribution in [0.2, 0.25) is 0 Å². The summed E-state index contributed by atoms with van der Waals surface area (Å²) in [6.45, 7) is 1.26. The summed E-state index contributed by atoms with van der Waals surface area (Å²) in [4.78, 5) is 4.17. The van der Waals surface area contributed by atoms with Gasteiger partial charge >= 0.3 is 0 Å². The maximum absolute atomic E-state index is 13.6. The van der Waals surface area contributed by atoms with Crippen molar-refractivity contribution in [2.75, 3.05) is 6.61 Å². The fourth-order valence-electron chi connectivity index (χ4n) is 3.22. The number of aryl methyl sites for hydroxylation is 1. The normalized spacial score (nSPS) is 16.3. The van der Waals surface area contributed by atoms with Gasteiger partial charge in [0, 0.05) is 61.3 Å². The largest absolute Gasteiger partial charge is 0.493 e. The third kappa shape index (κ3) is 3.25. The van der Waals surface area contributed by atoms with Gasteiger partial charge < -0.3 is 10.1 Å². The average Bonchev–Trinajstić information content (AvgIpc) is 3.01. The van der Waals surface area contributed by atoms with Crippen LogP contribution in [0.3, 0.4) is 0 Å². The zero-order valence-corrected chi connectivity index (χ0v) is 13.9. The molecule has 1 N–H and O–H groups in total. The van der Waals surface area contributed by atoms with Crippen molar-refractivity contribution in [1.82, 2.24) is 20.1 Å². The van der Waals surface area contributed by atoms with Crippen LogP contribution in [-0.2, 0) is 13.6 Å². The second-order valence-electron chi connectivity index (χ2n) is 6.17. The van der Waals surface area contributed by atoms with Crippen molar-refractivity contribution in [2.24, 2.45) is 7.05 Å². The van der Waals surface area contributed by atoms with Crippen LogP contribution in [-0.4, -0.2) is 21.4 Å². The van der Waals surface area contributed by atoms with Crippen LogP contribution >= 0.6 is 0 Å². The smallest absolute Gasteiger partial charge is 0.124 e. The number of aromatic nitrogens is 3. The molecular formula is C19H19FN4O. The zero-order valence-electron chi connectivity index (χ0n) is 13.9. The van der Waals surface area contributed by atoms with Crippen LogP contribution in [0.1, 0.15) is 23.6 Å². The molecule has 25 heavy (non-hydrogen) atoms. The zero-order chi connectivity index (χ0) is 17.2. The number of benzene rings is 1. The SMILES string of the molecule is Cn1cc(CN[C@@H]2CCOc3ccc(F)cc32)c(-c2cccnc2)n1. The summed E-state index contributed by atoms with van der Waals surface area (Å²) >= 11 is 0. The Balaban J connectivity index is 1.57. The van der Waals surface area contributed by atoms with Crippen LogP contribution in [0.4, 0.5) is 4.39 Å². The van der Waals surface area contributed by atoms with E-state index >= 15 is 0 Å². The van der Waals surface area contributed by atoms with Gasteiger partial charge in [-0.15, -0.1) is 0 Å². The van der Waals surface area contributed by atoms with Crippen LogP contribution in [0, 0.1) is 5.82 Å². The van der Waals surface area contributed by atoms with E-state index in [1.165, 1.54) is 6.07 Å². The summed E-state index contributed by atoms with van der Waals surface area (Å²) in [5.74, 6) is 0.511. The minimum atomic E-state index is -0.242. The lowest BCUT2D eigenvalue weighted by molar-refractivity contribution is 0.251. The van der Waals surface area contributed by atoms with E-state index in [-0.39, 0.29) is 11.9 Å². The van der Waals surface area contributed by atoms with Gasteiger partial charge in [0.05, 0.1) is 12.3 Å². The van der Waals surface area contributed by atoms with Crippen molar-refractivity contribution in [2.45, 2.75) is 19.0 Å². The molecular weight excluding hydrogens is 319 g/mol. The van der Waals surface area contributed by atoms with Gasteiger partial charge in [-0.3, -0.25) is 9.67 Å². The molecule has 0 amide bonds. The van der Waals surface area contributed by atoms with Crippen LogP contribution in [0.25, 0.3) is 11.3 Å². The molecule has 0 spiro atoms. The molecule has 2 aromatic heterocycles. The Bertz CT molecular complexity index is 878. The first-order valence-corrected chi connectivity index (χ1v) is 8.29. The van der Waals surface area contributed by atoms with Gasteiger partial charge in [0.2, 0.25) is 0 Å². The van der Waals surface area contributed by atoms with Gasteiger partial charge in [-0.2, -0.15) is 5.10 Å². The summed E-state index contributed by atoms with van der Waals surface area (Å²) < 4.78 is 21.0. The Morgan fingerprint density at radius 2 is 2.28 bits per heavy atom. The highest BCUT2D eigenvalue weighted by molar-refractivity contribution is 5.61. The summed E-state index contributed by atoms with van der Waals surface area (Å²) in [6, 6.07) is 8.64. The molecule has 0 bridgehead atoms. The number of ether oxygens (including phenoxy) is 1. The molecule has 0 saturated carbocycles. The van der Waals surface area contributed by atoms with Crippen LogP contribution in [0.15, 0.2) is 48.9 Å². The molecule has 1 aliphatic rings. The molecule has 1 aromatic carbocycles. The Labute approximate surface area is 145 Å². The van der Waals surface area contributed by atoms with Gasteiger partial charge in [0.1, 0.15) is 11.6 Å². The van der Waals surface area contributed by atoms with Crippen LogP contribution < -0.4 is 10.1 Å². The van der Waals surface area contributed by atoms with Gasteiger partial charge in [0.25, 0.3) is 0 Å². The second-order valence-corrected chi connectivity index (χ2v) is 6.17. The Morgan fingerprint density at radius 1 is 1.36 bits per heavy atom. The molecule has 5 nitrogen and oxygen atoms in total. The van der Waals surface area contributed by atoms with Crippen molar-refractivity contribution in [3.05, 3.63) is 65.9 Å². The first-order chi connectivity index (χ1) is 12.2. The van der Waals surface area contributed by atoms with E-state index in [9.17, 15) is 4.39 Å². The van der Waals surface area contributed by atoms with Gasteiger partial charge in [-0.1, -0.05) is 0 Å². The number of rotatable bonds is 4. The Kier molecular flexibility index (Phi) is 4.19. The molecule has 4 rings (SSSR count). The standard InChI is InChI=1S/C19H19FN4O/c1-24-12-14(19(23-24)13-3-2-7-21-10-13)11-22-17-6-8-25-18-5-4-15(20)9-16(17)18/h2-5,7,9-10,12,17,22H,6,8,11H2,1H3/t17-/m1/s1. The molecule has 1 aliphatic heterocycles. The number of nitrogens with zero attached hydrogens (tertiary/aromatic N) is 3. The van der Waals surface area contributed by atoms with E-state index in [1.807, 2.05) is 31.6 Å². The molecule has 128 valence electrons. The Hall–Kier alpha value is -2.73. The first kappa shape index (κ1) is 15.8. The highest BCUT2D eigenvalue weighted by atomic mass is 19.1. The summed E-state index contributed by atoms with van der Waals surface area (Å²) in [7, 11) is 1.91. The van der Waals surface area contributed by atoms with E-state index in [1.54, 1.807) is 23.0 Å². The number of hydrogen-bond acceptors (Lipinski definition) is 4. The number of nitrogens with one attached hydrogen (secondary N) is 1. The lowest BCUT2D eigenvalue weighted by Gasteiger charge is -2.26. The fourth-order valence-corrected chi connectivity index (χ4v) is 3.22. The van der Waals surface area contributed by atoms with E-state index in [2.05, 4.69) is 15.4 Å². The molecule has 6 heteroatoms. The van der Waals surface area contributed by atoms with E-state index in [0.717, 1.165) is 34.6 Å². The first-order valence-electron chi connectivity index (χ1n) is 8.29. The number of fused-ring (bicyclic) bond motifs is 1. The Morgan fingerprint density at radius 3 is 3.12 bits per heavy atom. The molecule has 1 atom stereocenters. The molecule has 3 aromatic rings. The predicted molar refractivity (Wildman–Crippen MR) is 92.5 cm³/mol. The van der Waals surface area contributed by atoms with E-state index in [0.29, 0.717) is 13.2 Å². The fraction of sp³-hybridized carbons (Fsp3) is 0.263. The number of hydrogen-bond donors (Lipinski definition) is 1. The monoisotopic (exact) mass is 338 g/mol. The predicted octanol–water partition coefficient (Wildman–Crippen LogP) is 3.23. The van der Waals surface area contributed by atoms with Crippen molar-refractivity contribution >= 4 is 0 Å². The molecule has 3 heterocycles. The minimum absolute atomic E-state index is 0.0569. The lowest BCUT2D eigenvalue weighted by atomic mass is 10.00. The topological polar surface area (TPSA) is 52.0 Å². The third-order valence-electron chi connectivity index (χ3n) is 4.39. The van der Waals surface area contributed by atoms with Crippen molar-refractivity contribution in [1.29, 1.82) is 0 Å².